The molecule has 0 radical (unpaired) electrons. The van der Waals surface area contributed by atoms with Crippen LogP contribution in [0.2, 0.25) is 0 Å². The Bertz CT molecular complexity index is 474. The molecular weight excluding hydrogens is 240 g/mol. The van der Waals surface area contributed by atoms with Gasteiger partial charge in [0, 0.05) is 31.7 Å². The summed E-state index contributed by atoms with van der Waals surface area (Å²) >= 11 is 0. The van der Waals surface area contributed by atoms with Crippen molar-refractivity contribution in [3.63, 3.8) is 0 Å². The molecule has 104 valence electrons. The molecule has 0 amide bonds. The highest BCUT2D eigenvalue weighted by atomic mass is 15.3. The van der Waals surface area contributed by atoms with Gasteiger partial charge in [-0.25, -0.2) is 0 Å². The second-order valence-corrected chi connectivity index (χ2v) is 5.77. The average Bonchev–Trinajstić information content (AvgIpc) is 2.84. The van der Waals surface area contributed by atoms with Gasteiger partial charge >= 0.3 is 0 Å². The zero-order valence-corrected chi connectivity index (χ0v) is 11.6. The minimum absolute atomic E-state index is 0.277. The van der Waals surface area contributed by atoms with Crippen LogP contribution in [0.1, 0.15) is 12.5 Å². The van der Waals surface area contributed by atoms with Gasteiger partial charge in [0.1, 0.15) is 11.6 Å². The van der Waals surface area contributed by atoms with E-state index in [1.165, 1.54) is 13.1 Å². The molecule has 2 saturated heterocycles. The van der Waals surface area contributed by atoms with Gasteiger partial charge in [-0.1, -0.05) is 6.92 Å². The van der Waals surface area contributed by atoms with Gasteiger partial charge in [-0.3, -0.25) is 0 Å². The van der Waals surface area contributed by atoms with Gasteiger partial charge in [0.05, 0.1) is 0 Å². The Balaban J connectivity index is 1.88. The molecule has 2 aliphatic heterocycles. The predicted octanol–water partition coefficient (Wildman–Crippen LogP) is 0.201. The van der Waals surface area contributed by atoms with Gasteiger partial charge < -0.3 is 21.3 Å². The van der Waals surface area contributed by atoms with Crippen LogP contribution in [0.25, 0.3) is 0 Å². The van der Waals surface area contributed by atoms with Crippen molar-refractivity contribution in [1.82, 2.24) is 14.9 Å². The molecule has 2 atom stereocenters. The Morgan fingerprint density at radius 2 is 1.74 bits per heavy atom. The standard InChI is InChI=1S/C13H22N6/c1-3-10-11(14)16-13(15)17-12(10)19-6-8-4-18(2)5-9(8)7-19/h8-9H,3-7H2,1-2H3,(H4,14,15,16,17)/t8-,9+. The third-order valence-corrected chi connectivity index (χ3v) is 4.36. The van der Waals surface area contributed by atoms with Crippen LogP contribution in [0.3, 0.4) is 0 Å². The lowest BCUT2D eigenvalue weighted by molar-refractivity contribution is 0.387. The number of hydrogen-bond donors (Lipinski definition) is 2. The summed E-state index contributed by atoms with van der Waals surface area (Å²) in [5.41, 5.74) is 12.8. The van der Waals surface area contributed by atoms with Gasteiger partial charge in [0.25, 0.3) is 0 Å². The fraction of sp³-hybridized carbons (Fsp3) is 0.692. The molecule has 4 N–H and O–H groups in total. The topological polar surface area (TPSA) is 84.3 Å². The highest BCUT2D eigenvalue weighted by Crippen LogP contribution is 2.35. The summed E-state index contributed by atoms with van der Waals surface area (Å²) < 4.78 is 0. The fourth-order valence-electron chi connectivity index (χ4n) is 3.51. The lowest BCUT2D eigenvalue weighted by atomic mass is 10.0. The smallest absolute Gasteiger partial charge is 0.223 e. The van der Waals surface area contributed by atoms with Gasteiger partial charge in [0.2, 0.25) is 5.95 Å². The van der Waals surface area contributed by atoms with Crippen LogP contribution >= 0.6 is 0 Å². The number of fused-ring (bicyclic) bond motifs is 1. The summed E-state index contributed by atoms with van der Waals surface area (Å²) in [4.78, 5) is 13.3. The summed E-state index contributed by atoms with van der Waals surface area (Å²) in [7, 11) is 2.20. The quantitative estimate of drug-likeness (QED) is 0.792. The van der Waals surface area contributed by atoms with Crippen molar-refractivity contribution in [3.05, 3.63) is 5.56 Å². The van der Waals surface area contributed by atoms with E-state index in [9.17, 15) is 0 Å². The summed E-state index contributed by atoms with van der Waals surface area (Å²) in [5.74, 6) is 3.24. The second kappa shape index (κ2) is 4.52. The van der Waals surface area contributed by atoms with Crippen LogP contribution in [0, 0.1) is 11.8 Å². The molecule has 2 aliphatic rings. The molecule has 0 aliphatic carbocycles. The lowest BCUT2D eigenvalue weighted by Gasteiger charge is -2.23. The van der Waals surface area contributed by atoms with Crippen molar-refractivity contribution >= 4 is 17.6 Å². The molecule has 6 heteroatoms. The van der Waals surface area contributed by atoms with Crippen LogP contribution in [0.4, 0.5) is 17.6 Å². The highest BCUT2D eigenvalue weighted by molar-refractivity contribution is 5.60. The molecule has 0 bridgehead atoms. The van der Waals surface area contributed by atoms with Crippen LogP contribution in [-0.2, 0) is 6.42 Å². The van der Waals surface area contributed by atoms with Crippen molar-refractivity contribution in [2.45, 2.75) is 13.3 Å². The van der Waals surface area contributed by atoms with E-state index in [-0.39, 0.29) is 5.95 Å². The number of anilines is 3. The molecule has 0 spiro atoms. The molecule has 3 rings (SSSR count). The number of hydrogen-bond acceptors (Lipinski definition) is 6. The maximum Gasteiger partial charge on any atom is 0.223 e. The van der Waals surface area contributed by atoms with Crippen LogP contribution in [0.15, 0.2) is 0 Å². The predicted molar refractivity (Wildman–Crippen MR) is 76.9 cm³/mol. The van der Waals surface area contributed by atoms with Crippen molar-refractivity contribution in [1.29, 1.82) is 0 Å². The summed E-state index contributed by atoms with van der Waals surface area (Å²) in [6.07, 6.45) is 0.840. The number of likely N-dealkylation sites (tertiary alicyclic amines) is 1. The molecule has 3 heterocycles. The molecule has 19 heavy (non-hydrogen) atoms. The number of nitrogen functional groups attached to an aromatic ring is 2. The van der Waals surface area contributed by atoms with E-state index in [1.54, 1.807) is 0 Å². The van der Waals surface area contributed by atoms with Gasteiger partial charge in [0.15, 0.2) is 0 Å². The Labute approximate surface area is 113 Å². The van der Waals surface area contributed by atoms with E-state index >= 15 is 0 Å². The Kier molecular flexibility index (Phi) is 2.97. The number of nitrogens with two attached hydrogens (primary N) is 2. The zero-order valence-electron chi connectivity index (χ0n) is 11.6. The summed E-state index contributed by atoms with van der Waals surface area (Å²) in [6.45, 7) is 6.55. The molecule has 2 fully saturated rings. The van der Waals surface area contributed by atoms with Crippen LogP contribution in [0.5, 0.6) is 0 Å². The molecule has 1 aromatic rings. The monoisotopic (exact) mass is 262 g/mol. The van der Waals surface area contributed by atoms with Crippen LogP contribution in [-0.4, -0.2) is 48.1 Å². The van der Waals surface area contributed by atoms with E-state index in [0.717, 1.165) is 42.7 Å². The molecule has 6 nitrogen and oxygen atoms in total. The highest BCUT2D eigenvalue weighted by Gasteiger charge is 2.39. The van der Waals surface area contributed by atoms with E-state index in [0.29, 0.717) is 5.82 Å². The van der Waals surface area contributed by atoms with Crippen molar-refractivity contribution in [3.8, 4) is 0 Å². The Morgan fingerprint density at radius 3 is 2.32 bits per heavy atom. The SMILES string of the molecule is CCc1c(N)nc(N)nc1N1C[C@H]2CN(C)C[C@H]2C1. The first-order valence-corrected chi connectivity index (χ1v) is 6.93. The first-order chi connectivity index (χ1) is 9.08. The number of aromatic nitrogens is 2. The Hall–Kier alpha value is -1.56. The number of rotatable bonds is 2. The minimum atomic E-state index is 0.277. The summed E-state index contributed by atoms with van der Waals surface area (Å²) in [5, 5.41) is 0. The van der Waals surface area contributed by atoms with E-state index < -0.39 is 0 Å². The van der Waals surface area contributed by atoms with Crippen LogP contribution < -0.4 is 16.4 Å². The van der Waals surface area contributed by atoms with Gasteiger partial charge in [-0.15, -0.1) is 0 Å². The zero-order chi connectivity index (χ0) is 13.6. The first-order valence-electron chi connectivity index (χ1n) is 6.93. The minimum Gasteiger partial charge on any atom is -0.383 e. The van der Waals surface area contributed by atoms with Crippen molar-refractivity contribution in [2.75, 3.05) is 49.6 Å². The van der Waals surface area contributed by atoms with E-state index in [1.807, 2.05) is 0 Å². The average molecular weight is 262 g/mol. The molecular formula is C13H22N6. The lowest BCUT2D eigenvalue weighted by Crippen LogP contribution is -2.28. The van der Waals surface area contributed by atoms with E-state index in [2.05, 4.69) is 33.7 Å². The third kappa shape index (κ3) is 2.10. The molecule has 0 aromatic carbocycles. The largest absolute Gasteiger partial charge is 0.383 e. The molecule has 1 aromatic heterocycles. The third-order valence-electron chi connectivity index (χ3n) is 4.36. The van der Waals surface area contributed by atoms with Crippen molar-refractivity contribution in [2.24, 2.45) is 11.8 Å². The molecule has 0 unspecified atom stereocenters. The van der Waals surface area contributed by atoms with Gasteiger partial charge in [-0.05, 0) is 25.3 Å². The maximum atomic E-state index is 5.97. The normalized spacial score (nSPS) is 26.9. The van der Waals surface area contributed by atoms with Gasteiger partial charge in [-0.2, -0.15) is 9.97 Å². The molecule has 0 saturated carbocycles. The summed E-state index contributed by atoms with van der Waals surface area (Å²) in [6, 6.07) is 0. The second-order valence-electron chi connectivity index (χ2n) is 5.77. The maximum absolute atomic E-state index is 5.97. The Morgan fingerprint density at radius 1 is 1.11 bits per heavy atom. The fourth-order valence-corrected chi connectivity index (χ4v) is 3.51. The number of nitrogens with zero attached hydrogens (tertiary/aromatic N) is 4. The van der Waals surface area contributed by atoms with Crippen molar-refractivity contribution < 1.29 is 0 Å². The first kappa shape index (κ1) is 12.5. The van der Waals surface area contributed by atoms with E-state index in [4.69, 9.17) is 11.5 Å².